The molecule has 0 aromatic heterocycles. The van der Waals surface area contributed by atoms with Crippen LogP contribution in [-0.2, 0) is 65.4 Å². The molecule has 0 aliphatic heterocycles. The summed E-state index contributed by atoms with van der Waals surface area (Å²) in [6.07, 6.45) is 10.8. The van der Waals surface area contributed by atoms with Crippen molar-refractivity contribution in [2.45, 2.75) is 26.7 Å². The van der Waals surface area contributed by atoms with E-state index < -0.39 is 0 Å². The molecule has 98 valence electrons. The molecule has 0 aromatic rings. The smallest absolute Gasteiger partial charge is 0.0494 e. The van der Waals surface area contributed by atoms with Gasteiger partial charge in [0.2, 0.25) is 0 Å². The second-order valence-electron chi connectivity index (χ2n) is 5.08. The maximum absolute atomic E-state index is 8.63. The third-order valence-electron chi connectivity index (χ3n) is 3.24. The standard InChI is InChI=1S/2C7H12O.2Y/c2*1-6-2-3-7(4-6)5-8;;/h2*2-3,6-8H,4-5H2,1H3;;/t2*6-,7+;;/m10../s1. The van der Waals surface area contributed by atoms with Crippen molar-refractivity contribution in [1.82, 2.24) is 0 Å². The molecule has 2 nitrogen and oxygen atoms in total. The topological polar surface area (TPSA) is 40.5 Å². The maximum atomic E-state index is 8.63. The van der Waals surface area contributed by atoms with Gasteiger partial charge in [-0.25, -0.2) is 0 Å². The van der Waals surface area contributed by atoms with E-state index in [4.69, 9.17) is 10.2 Å². The Morgan fingerprint density at radius 3 is 1.22 bits per heavy atom. The fraction of sp³-hybridized carbons (Fsp3) is 0.714. The molecule has 2 N–H and O–H groups in total. The van der Waals surface area contributed by atoms with E-state index in [-0.39, 0.29) is 65.4 Å². The summed E-state index contributed by atoms with van der Waals surface area (Å²) in [5.74, 6) is 2.27. The molecule has 0 saturated heterocycles. The van der Waals surface area contributed by atoms with Gasteiger partial charge in [-0.1, -0.05) is 38.2 Å². The van der Waals surface area contributed by atoms with Gasteiger partial charge in [0.1, 0.15) is 0 Å². The molecule has 0 saturated carbocycles. The Hall–Kier alpha value is 1.61. The van der Waals surface area contributed by atoms with Crippen molar-refractivity contribution in [1.29, 1.82) is 0 Å². The Bertz CT molecular complexity index is 228. The van der Waals surface area contributed by atoms with Gasteiger partial charge in [-0.05, 0) is 24.7 Å². The Labute approximate surface area is 161 Å². The maximum Gasteiger partial charge on any atom is 0.0494 e. The molecule has 0 amide bonds. The van der Waals surface area contributed by atoms with Crippen LogP contribution in [0, 0.1) is 23.7 Å². The molecule has 4 heteroatoms. The van der Waals surface area contributed by atoms with E-state index in [1.165, 1.54) is 0 Å². The molecule has 0 heterocycles. The molecule has 4 atom stereocenters. The van der Waals surface area contributed by atoms with E-state index in [1.807, 2.05) is 0 Å². The fourth-order valence-corrected chi connectivity index (χ4v) is 2.23. The summed E-state index contributed by atoms with van der Waals surface area (Å²) in [5.41, 5.74) is 0. The zero-order valence-corrected chi connectivity index (χ0v) is 17.2. The van der Waals surface area contributed by atoms with Gasteiger partial charge in [-0.3, -0.25) is 0 Å². The first-order valence-electron chi connectivity index (χ1n) is 6.24. The van der Waals surface area contributed by atoms with Gasteiger partial charge in [0.25, 0.3) is 0 Å². The van der Waals surface area contributed by atoms with E-state index in [0.29, 0.717) is 36.9 Å². The Morgan fingerprint density at radius 2 is 1.11 bits per heavy atom. The van der Waals surface area contributed by atoms with Crippen LogP contribution < -0.4 is 0 Å². The Balaban J connectivity index is 0. The molecular formula is C14H24O2Y2. The van der Waals surface area contributed by atoms with E-state index in [1.54, 1.807) is 0 Å². The van der Waals surface area contributed by atoms with Gasteiger partial charge >= 0.3 is 0 Å². The van der Waals surface area contributed by atoms with Crippen LogP contribution in [0.3, 0.4) is 0 Å². The number of aliphatic hydroxyl groups is 2. The summed E-state index contributed by atoms with van der Waals surface area (Å²) < 4.78 is 0. The monoisotopic (exact) mass is 402 g/mol. The minimum atomic E-state index is 0. The van der Waals surface area contributed by atoms with Crippen LogP contribution in [0.15, 0.2) is 24.3 Å². The molecular weight excluding hydrogens is 378 g/mol. The molecule has 0 aromatic carbocycles. The van der Waals surface area contributed by atoms with Crippen molar-refractivity contribution >= 4 is 0 Å². The van der Waals surface area contributed by atoms with Crippen LogP contribution in [0.2, 0.25) is 0 Å². The molecule has 2 radical (unpaired) electrons. The molecule has 2 aliphatic rings. The average Bonchev–Trinajstić information content (AvgIpc) is 2.88. The van der Waals surface area contributed by atoms with Gasteiger partial charge in [-0.15, -0.1) is 0 Å². The average molecular weight is 402 g/mol. The minimum Gasteiger partial charge on any atom is -0.396 e. The van der Waals surface area contributed by atoms with E-state index in [0.717, 1.165) is 12.8 Å². The Kier molecular flexibility index (Phi) is 15.0. The van der Waals surface area contributed by atoms with Gasteiger partial charge in [0, 0.05) is 90.5 Å². The summed E-state index contributed by atoms with van der Waals surface area (Å²) in [5, 5.41) is 17.3. The van der Waals surface area contributed by atoms with Crippen LogP contribution in [0.25, 0.3) is 0 Å². The second-order valence-corrected chi connectivity index (χ2v) is 5.08. The SMILES string of the molecule is C[C@@H]1C=C[C@H](CO)C1.C[C@H]1C=C[C@@H](CO)C1.[Y].[Y]. The molecule has 0 spiro atoms. The first-order chi connectivity index (χ1) is 7.65. The molecule has 18 heavy (non-hydrogen) atoms. The first kappa shape index (κ1) is 21.9. The summed E-state index contributed by atoms with van der Waals surface area (Å²) >= 11 is 0. The van der Waals surface area contributed by atoms with E-state index >= 15 is 0 Å². The predicted octanol–water partition coefficient (Wildman–Crippen LogP) is 2.38. The van der Waals surface area contributed by atoms with E-state index in [9.17, 15) is 0 Å². The Morgan fingerprint density at radius 1 is 0.778 bits per heavy atom. The quantitative estimate of drug-likeness (QED) is 0.697. The van der Waals surface area contributed by atoms with Crippen LogP contribution >= 0.6 is 0 Å². The molecule has 0 unspecified atom stereocenters. The predicted molar refractivity (Wildman–Crippen MR) is 67.0 cm³/mol. The summed E-state index contributed by atoms with van der Waals surface area (Å²) in [6, 6.07) is 0. The van der Waals surface area contributed by atoms with Crippen molar-refractivity contribution < 1.29 is 75.6 Å². The number of allylic oxidation sites excluding steroid dienone is 2. The summed E-state index contributed by atoms with van der Waals surface area (Å²) in [4.78, 5) is 0. The number of hydrogen-bond acceptors (Lipinski definition) is 2. The molecule has 2 aliphatic carbocycles. The van der Waals surface area contributed by atoms with Gasteiger partial charge in [-0.2, -0.15) is 0 Å². The van der Waals surface area contributed by atoms with Crippen LogP contribution in [0.4, 0.5) is 0 Å². The molecule has 0 fully saturated rings. The van der Waals surface area contributed by atoms with Gasteiger partial charge < -0.3 is 10.2 Å². The number of hydrogen-bond donors (Lipinski definition) is 2. The van der Waals surface area contributed by atoms with Crippen molar-refractivity contribution in [3.8, 4) is 0 Å². The van der Waals surface area contributed by atoms with Gasteiger partial charge in [0.05, 0.1) is 0 Å². The zero-order valence-electron chi connectivity index (χ0n) is 11.5. The summed E-state index contributed by atoms with van der Waals surface area (Å²) in [6.45, 7) is 4.99. The minimum absolute atomic E-state index is 0. The van der Waals surface area contributed by atoms with Crippen molar-refractivity contribution in [3.63, 3.8) is 0 Å². The van der Waals surface area contributed by atoms with Crippen molar-refractivity contribution in [2.75, 3.05) is 13.2 Å². The third kappa shape index (κ3) is 8.71. The second kappa shape index (κ2) is 12.4. The molecule has 0 bridgehead atoms. The summed E-state index contributed by atoms with van der Waals surface area (Å²) in [7, 11) is 0. The number of rotatable bonds is 2. The van der Waals surface area contributed by atoms with Crippen LogP contribution in [-0.4, -0.2) is 23.4 Å². The van der Waals surface area contributed by atoms with E-state index in [2.05, 4.69) is 38.2 Å². The first-order valence-corrected chi connectivity index (χ1v) is 6.24. The zero-order chi connectivity index (χ0) is 12.0. The van der Waals surface area contributed by atoms with Crippen molar-refractivity contribution in [2.24, 2.45) is 23.7 Å². The van der Waals surface area contributed by atoms with Crippen LogP contribution in [0.5, 0.6) is 0 Å². The van der Waals surface area contributed by atoms with Gasteiger partial charge in [0.15, 0.2) is 0 Å². The third-order valence-corrected chi connectivity index (χ3v) is 3.24. The van der Waals surface area contributed by atoms with Crippen LogP contribution in [0.1, 0.15) is 26.7 Å². The molecule has 2 rings (SSSR count). The van der Waals surface area contributed by atoms with Crippen molar-refractivity contribution in [3.05, 3.63) is 24.3 Å². The normalized spacial score (nSPS) is 32.2. The number of aliphatic hydroxyl groups excluding tert-OH is 2. The largest absolute Gasteiger partial charge is 0.396 e. The fourth-order valence-electron chi connectivity index (χ4n) is 2.23.